The second-order valence-electron chi connectivity index (χ2n) is 12.9. The predicted octanol–water partition coefficient (Wildman–Crippen LogP) is 6.53. The van der Waals surface area contributed by atoms with E-state index in [-0.39, 0.29) is 17.3 Å². The summed E-state index contributed by atoms with van der Waals surface area (Å²) < 4.78 is 13.3. The fraction of sp³-hybridized carbons (Fsp3) is 0.581. The Hall–Kier alpha value is -2.74. The molecule has 1 saturated heterocycles. The molecule has 0 unspecified atom stereocenters. The number of piperazine rings is 1. The van der Waals surface area contributed by atoms with E-state index < -0.39 is 0 Å². The molecule has 1 aromatic carbocycles. The maximum Gasteiger partial charge on any atom is 0.321 e. The Labute approximate surface area is 233 Å². The van der Waals surface area contributed by atoms with Crippen LogP contribution in [0.3, 0.4) is 0 Å². The monoisotopic (exact) mass is 545 g/mol. The summed E-state index contributed by atoms with van der Waals surface area (Å²) in [4.78, 5) is 30.9. The number of hydrogen-bond donors (Lipinski definition) is 1. The summed E-state index contributed by atoms with van der Waals surface area (Å²) in [5, 5.41) is 4.22. The smallest absolute Gasteiger partial charge is 0.321 e. The summed E-state index contributed by atoms with van der Waals surface area (Å²) in [5.74, 6) is 4.53. The van der Waals surface area contributed by atoms with Crippen molar-refractivity contribution >= 4 is 39.1 Å². The number of fused-ring (bicyclic) bond motifs is 3. The average molecular weight is 546 g/mol. The molecule has 6 nitrogen and oxygen atoms in total. The lowest BCUT2D eigenvalue weighted by Gasteiger charge is -2.56. The molecule has 9 rings (SSSR count). The van der Waals surface area contributed by atoms with Crippen LogP contribution in [0, 0.1) is 23.6 Å². The summed E-state index contributed by atoms with van der Waals surface area (Å²) in [6.07, 6.45) is 12.9. The van der Waals surface area contributed by atoms with Crippen molar-refractivity contribution in [2.24, 2.45) is 17.8 Å². The topological polar surface area (TPSA) is 61.4 Å². The lowest BCUT2D eigenvalue weighted by atomic mass is 9.49. The standard InChI is InChI=1S/C31H36FN5OS/c32-22-5-7-23(8-6-22)33-30(38)37-11-9-36(10-12-37)27-26-24-3-1-2-4-25(24)39-28(26)35-29(34-27)31-16-19-13-20(17-31)15-21(14-19)18-31/h5-8,19-21H,1-4,9-18H2,(H,33,38). The molecule has 1 aliphatic heterocycles. The largest absolute Gasteiger partial charge is 0.352 e. The minimum absolute atomic E-state index is 0.128. The van der Waals surface area contributed by atoms with Crippen molar-refractivity contribution in [3.05, 3.63) is 46.3 Å². The van der Waals surface area contributed by atoms with Crippen LogP contribution in [0.2, 0.25) is 0 Å². The van der Waals surface area contributed by atoms with Gasteiger partial charge in [-0.25, -0.2) is 19.2 Å². The van der Waals surface area contributed by atoms with Gasteiger partial charge in [-0.2, -0.15) is 0 Å². The molecule has 39 heavy (non-hydrogen) atoms. The Morgan fingerprint density at radius 2 is 1.59 bits per heavy atom. The number of benzene rings is 1. The van der Waals surface area contributed by atoms with E-state index >= 15 is 0 Å². The van der Waals surface area contributed by atoms with E-state index in [1.807, 2.05) is 16.2 Å². The van der Waals surface area contributed by atoms with Crippen molar-refractivity contribution in [3.8, 4) is 0 Å². The van der Waals surface area contributed by atoms with Crippen LogP contribution in [-0.4, -0.2) is 47.1 Å². The zero-order valence-electron chi connectivity index (χ0n) is 22.4. The van der Waals surface area contributed by atoms with Crippen LogP contribution >= 0.6 is 11.3 Å². The first-order valence-electron chi connectivity index (χ1n) is 14.9. The molecule has 3 aromatic rings. The van der Waals surface area contributed by atoms with Gasteiger partial charge in [0.25, 0.3) is 0 Å². The van der Waals surface area contributed by atoms with Crippen LogP contribution in [0.15, 0.2) is 24.3 Å². The molecule has 4 saturated carbocycles. The third-order valence-electron chi connectivity index (χ3n) is 10.3. The number of aryl methyl sites for hydroxylation is 2. The van der Waals surface area contributed by atoms with Gasteiger partial charge >= 0.3 is 6.03 Å². The van der Waals surface area contributed by atoms with Gasteiger partial charge in [0, 0.05) is 42.2 Å². The predicted molar refractivity (Wildman–Crippen MR) is 153 cm³/mol. The second-order valence-corrected chi connectivity index (χ2v) is 14.0. The normalized spacial score (nSPS) is 29.6. The van der Waals surface area contributed by atoms with E-state index in [1.165, 1.54) is 90.6 Å². The van der Waals surface area contributed by atoms with E-state index in [2.05, 4.69) is 10.2 Å². The van der Waals surface area contributed by atoms with Gasteiger partial charge in [-0.1, -0.05) is 0 Å². The van der Waals surface area contributed by atoms with Gasteiger partial charge in [-0.05, 0) is 112 Å². The number of thiophene rings is 1. The van der Waals surface area contributed by atoms with Gasteiger partial charge in [-0.15, -0.1) is 11.3 Å². The van der Waals surface area contributed by atoms with E-state index in [0.29, 0.717) is 18.8 Å². The average Bonchev–Trinajstić information content (AvgIpc) is 3.32. The van der Waals surface area contributed by atoms with Gasteiger partial charge in [0.15, 0.2) is 0 Å². The molecule has 204 valence electrons. The first kappa shape index (κ1) is 24.1. The number of carbonyl (C=O) groups excluding carboxylic acids is 1. The van der Waals surface area contributed by atoms with Gasteiger partial charge in [0.1, 0.15) is 22.3 Å². The van der Waals surface area contributed by atoms with E-state index in [4.69, 9.17) is 9.97 Å². The van der Waals surface area contributed by atoms with Crippen molar-refractivity contribution in [2.45, 2.75) is 69.6 Å². The molecule has 5 fully saturated rings. The first-order chi connectivity index (χ1) is 19.0. The molecule has 4 bridgehead atoms. The SMILES string of the molecule is O=C(Nc1ccc(F)cc1)N1CCN(c2nc(C34CC5CC(CC(C5)C3)C4)nc3sc4c(c23)CCCC4)CC1. The number of nitrogens with one attached hydrogen (secondary N) is 1. The number of hydrogen-bond acceptors (Lipinski definition) is 5. The lowest BCUT2D eigenvalue weighted by molar-refractivity contribution is -0.00918. The number of halogens is 1. The number of rotatable bonds is 3. The highest BCUT2D eigenvalue weighted by molar-refractivity contribution is 7.19. The first-order valence-corrected chi connectivity index (χ1v) is 15.7. The molecule has 6 aliphatic rings. The lowest BCUT2D eigenvalue weighted by Crippen LogP contribution is -2.51. The fourth-order valence-corrected chi connectivity index (χ4v) is 10.1. The highest BCUT2D eigenvalue weighted by Gasteiger charge is 2.53. The molecular formula is C31H36FN5OS. The zero-order valence-corrected chi connectivity index (χ0v) is 23.2. The van der Waals surface area contributed by atoms with Gasteiger partial charge < -0.3 is 15.1 Å². The Kier molecular flexibility index (Phi) is 5.65. The number of carbonyl (C=O) groups is 1. The van der Waals surface area contributed by atoms with Crippen LogP contribution in [0.1, 0.15) is 67.6 Å². The molecule has 1 N–H and O–H groups in total. The molecule has 0 radical (unpaired) electrons. The fourth-order valence-electron chi connectivity index (χ4n) is 8.85. The number of amides is 2. The third-order valence-corrected chi connectivity index (χ3v) is 11.5. The quantitative estimate of drug-likeness (QED) is 0.407. The Bertz CT molecular complexity index is 1390. The molecular weight excluding hydrogens is 509 g/mol. The van der Waals surface area contributed by atoms with Crippen molar-refractivity contribution in [1.82, 2.24) is 14.9 Å². The van der Waals surface area contributed by atoms with Crippen LogP contribution < -0.4 is 10.2 Å². The Morgan fingerprint density at radius 1 is 0.923 bits per heavy atom. The van der Waals surface area contributed by atoms with Crippen LogP contribution in [-0.2, 0) is 18.3 Å². The highest BCUT2D eigenvalue weighted by atomic mass is 32.1. The molecule has 5 aliphatic carbocycles. The number of urea groups is 1. The van der Waals surface area contributed by atoms with E-state index in [1.54, 1.807) is 12.1 Å². The third kappa shape index (κ3) is 4.12. The second kappa shape index (κ2) is 9.15. The number of nitrogens with zero attached hydrogens (tertiary/aromatic N) is 4. The van der Waals surface area contributed by atoms with Gasteiger partial charge in [0.05, 0.1) is 5.39 Å². The summed E-state index contributed by atoms with van der Waals surface area (Å²) in [5.41, 5.74) is 2.27. The summed E-state index contributed by atoms with van der Waals surface area (Å²) in [6.45, 7) is 2.79. The summed E-state index contributed by atoms with van der Waals surface area (Å²) in [7, 11) is 0. The van der Waals surface area contributed by atoms with Crippen molar-refractivity contribution in [1.29, 1.82) is 0 Å². The minimum atomic E-state index is -0.304. The number of anilines is 2. The summed E-state index contributed by atoms with van der Waals surface area (Å²) in [6, 6.07) is 5.82. The van der Waals surface area contributed by atoms with Crippen LogP contribution in [0.25, 0.3) is 10.2 Å². The molecule has 0 spiro atoms. The van der Waals surface area contributed by atoms with Crippen molar-refractivity contribution in [3.63, 3.8) is 0 Å². The molecule has 8 heteroatoms. The maximum atomic E-state index is 13.3. The molecule has 2 aromatic heterocycles. The Balaban J connectivity index is 1.10. The Morgan fingerprint density at radius 3 is 2.28 bits per heavy atom. The van der Waals surface area contributed by atoms with Gasteiger partial charge in [0.2, 0.25) is 0 Å². The molecule has 0 atom stereocenters. The van der Waals surface area contributed by atoms with Gasteiger partial charge in [-0.3, -0.25) is 0 Å². The van der Waals surface area contributed by atoms with Crippen LogP contribution in [0.4, 0.5) is 20.7 Å². The zero-order chi connectivity index (χ0) is 26.1. The van der Waals surface area contributed by atoms with E-state index in [9.17, 15) is 9.18 Å². The number of aromatic nitrogens is 2. The minimum Gasteiger partial charge on any atom is -0.352 e. The molecule has 3 heterocycles. The van der Waals surface area contributed by atoms with Crippen molar-refractivity contribution < 1.29 is 9.18 Å². The van der Waals surface area contributed by atoms with Crippen LogP contribution in [0.5, 0.6) is 0 Å². The molecule has 2 amide bonds. The maximum absolute atomic E-state index is 13.3. The highest BCUT2D eigenvalue weighted by Crippen LogP contribution is 2.60. The van der Waals surface area contributed by atoms with E-state index in [0.717, 1.165) is 48.9 Å². The summed E-state index contributed by atoms with van der Waals surface area (Å²) >= 11 is 1.92. The van der Waals surface area contributed by atoms with Crippen molar-refractivity contribution in [2.75, 3.05) is 36.4 Å².